The summed E-state index contributed by atoms with van der Waals surface area (Å²) in [5.41, 5.74) is 3.73. The molecule has 0 atom stereocenters. The lowest BCUT2D eigenvalue weighted by Crippen LogP contribution is -2.44. The Morgan fingerprint density at radius 3 is 2.54 bits per heavy atom. The molecular weight excluding hydrogens is 326 g/mol. The molecule has 2 aliphatic heterocycles. The van der Waals surface area contributed by atoms with E-state index in [1.165, 1.54) is 6.42 Å². The summed E-state index contributed by atoms with van der Waals surface area (Å²) in [4.78, 5) is 24.8. The highest BCUT2D eigenvalue weighted by molar-refractivity contribution is 5.94. The summed E-state index contributed by atoms with van der Waals surface area (Å²) in [6.45, 7) is 8.79. The Balaban J connectivity index is 1.68. The van der Waals surface area contributed by atoms with Gasteiger partial charge in [0.25, 0.3) is 5.91 Å². The van der Waals surface area contributed by atoms with Crippen LogP contribution in [0.5, 0.6) is 0 Å². The Hall–Kier alpha value is -1.92. The molecule has 0 saturated carbocycles. The van der Waals surface area contributed by atoms with Crippen molar-refractivity contribution in [3.8, 4) is 0 Å². The molecule has 6 nitrogen and oxygen atoms in total. The number of pyridine rings is 1. The van der Waals surface area contributed by atoms with Gasteiger partial charge >= 0.3 is 0 Å². The fraction of sp³-hybridized carbons (Fsp3) is 0.600. The molecule has 0 spiro atoms. The summed E-state index contributed by atoms with van der Waals surface area (Å²) >= 11 is 0. The van der Waals surface area contributed by atoms with Gasteiger partial charge in [0.1, 0.15) is 5.65 Å². The number of aromatic nitrogens is 2. The molecule has 2 fully saturated rings. The molecule has 1 amide bonds. The zero-order valence-corrected chi connectivity index (χ0v) is 15.9. The molecule has 140 valence electrons. The van der Waals surface area contributed by atoms with Crippen LogP contribution in [-0.4, -0.2) is 76.3 Å². The van der Waals surface area contributed by atoms with Crippen LogP contribution in [0.1, 0.15) is 41.0 Å². The largest absolute Gasteiger partial charge is 0.337 e. The number of hydrogen-bond donors (Lipinski definition) is 0. The predicted molar refractivity (Wildman–Crippen MR) is 102 cm³/mol. The maximum atomic E-state index is 13.2. The van der Waals surface area contributed by atoms with Gasteiger partial charge in [-0.25, -0.2) is 4.98 Å². The third-order valence-corrected chi connectivity index (χ3v) is 5.76. The fourth-order valence-electron chi connectivity index (χ4n) is 4.04. The predicted octanol–water partition coefficient (Wildman–Crippen LogP) is 2.02. The maximum absolute atomic E-state index is 13.2. The van der Waals surface area contributed by atoms with Crippen LogP contribution in [0.3, 0.4) is 0 Å². The quantitative estimate of drug-likeness (QED) is 0.845. The van der Waals surface area contributed by atoms with Crippen molar-refractivity contribution >= 4 is 11.6 Å². The Bertz CT molecular complexity index is 785. The van der Waals surface area contributed by atoms with Gasteiger partial charge in [-0.15, -0.1) is 0 Å². The minimum atomic E-state index is 0.108. The number of piperazine rings is 1. The van der Waals surface area contributed by atoms with E-state index in [2.05, 4.69) is 34.2 Å². The van der Waals surface area contributed by atoms with Crippen molar-refractivity contribution in [2.75, 3.05) is 46.3 Å². The first-order valence-corrected chi connectivity index (χ1v) is 9.80. The average molecular weight is 355 g/mol. The van der Waals surface area contributed by atoms with Crippen molar-refractivity contribution in [2.24, 2.45) is 0 Å². The van der Waals surface area contributed by atoms with Crippen molar-refractivity contribution in [3.05, 3.63) is 35.3 Å². The molecule has 2 aromatic heterocycles. The van der Waals surface area contributed by atoms with Crippen LogP contribution in [-0.2, 0) is 6.54 Å². The zero-order valence-electron chi connectivity index (χ0n) is 15.9. The number of piperidine rings is 1. The Labute approximate surface area is 155 Å². The van der Waals surface area contributed by atoms with Crippen LogP contribution in [0, 0.1) is 6.92 Å². The maximum Gasteiger partial charge on any atom is 0.274 e. The number of amides is 1. The second-order valence-corrected chi connectivity index (χ2v) is 7.72. The van der Waals surface area contributed by atoms with Crippen molar-refractivity contribution in [2.45, 2.75) is 32.7 Å². The minimum absolute atomic E-state index is 0.108. The van der Waals surface area contributed by atoms with Crippen molar-refractivity contribution in [1.82, 2.24) is 24.1 Å². The summed E-state index contributed by atoms with van der Waals surface area (Å²) in [6, 6.07) is 4.11. The summed E-state index contributed by atoms with van der Waals surface area (Å²) in [6.07, 6.45) is 5.48. The van der Waals surface area contributed by atoms with Gasteiger partial charge in [-0.05, 0) is 44.9 Å². The minimum Gasteiger partial charge on any atom is -0.337 e. The van der Waals surface area contributed by atoms with E-state index in [0.717, 1.165) is 75.6 Å². The molecular formula is C20H29N5O. The number of hydrogen-bond acceptors (Lipinski definition) is 4. The standard InChI is InChI=1S/C20H29N5O/c1-16-7-6-10-25-17(15-23-13-11-22(2)12-14-23)18(21-19(16)25)20(26)24-8-4-3-5-9-24/h6-7,10H,3-5,8-9,11-15H2,1-2H3. The zero-order chi connectivity index (χ0) is 18.1. The van der Waals surface area contributed by atoms with E-state index in [4.69, 9.17) is 4.98 Å². The van der Waals surface area contributed by atoms with Crippen LogP contribution in [0.25, 0.3) is 5.65 Å². The van der Waals surface area contributed by atoms with E-state index in [1.54, 1.807) is 0 Å². The number of carbonyl (C=O) groups excluding carboxylic acids is 1. The van der Waals surface area contributed by atoms with Gasteiger partial charge in [0, 0.05) is 52.0 Å². The van der Waals surface area contributed by atoms with E-state index in [9.17, 15) is 4.79 Å². The lowest BCUT2D eigenvalue weighted by atomic mass is 10.1. The number of rotatable bonds is 3. The number of nitrogens with zero attached hydrogens (tertiary/aromatic N) is 5. The van der Waals surface area contributed by atoms with E-state index < -0.39 is 0 Å². The number of fused-ring (bicyclic) bond motifs is 1. The smallest absolute Gasteiger partial charge is 0.274 e. The van der Waals surface area contributed by atoms with E-state index in [0.29, 0.717) is 5.69 Å². The molecule has 0 unspecified atom stereocenters. The molecule has 0 radical (unpaired) electrons. The van der Waals surface area contributed by atoms with Crippen LogP contribution >= 0.6 is 0 Å². The molecule has 0 N–H and O–H groups in total. The Kier molecular flexibility index (Phi) is 4.96. The van der Waals surface area contributed by atoms with Gasteiger partial charge in [-0.3, -0.25) is 9.69 Å². The van der Waals surface area contributed by atoms with E-state index in [1.807, 2.05) is 17.2 Å². The summed E-state index contributed by atoms with van der Waals surface area (Å²) in [5.74, 6) is 0.108. The van der Waals surface area contributed by atoms with E-state index >= 15 is 0 Å². The first-order chi connectivity index (χ1) is 12.6. The first kappa shape index (κ1) is 17.5. The SMILES string of the molecule is Cc1cccn2c(CN3CCN(C)CC3)c(C(=O)N3CCCCC3)nc12. The highest BCUT2D eigenvalue weighted by atomic mass is 16.2. The van der Waals surface area contributed by atoms with Crippen molar-refractivity contribution < 1.29 is 4.79 Å². The third kappa shape index (κ3) is 3.35. The molecule has 0 aliphatic carbocycles. The lowest BCUT2D eigenvalue weighted by molar-refractivity contribution is 0.0715. The number of imidazole rings is 1. The molecule has 2 aliphatic rings. The van der Waals surface area contributed by atoms with Crippen LogP contribution in [0.2, 0.25) is 0 Å². The van der Waals surface area contributed by atoms with Gasteiger partial charge in [-0.1, -0.05) is 6.07 Å². The first-order valence-electron chi connectivity index (χ1n) is 9.80. The molecule has 4 rings (SSSR count). The summed E-state index contributed by atoms with van der Waals surface area (Å²) in [5, 5.41) is 0. The van der Waals surface area contributed by atoms with Crippen LogP contribution in [0.4, 0.5) is 0 Å². The molecule has 26 heavy (non-hydrogen) atoms. The Morgan fingerprint density at radius 1 is 1.08 bits per heavy atom. The third-order valence-electron chi connectivity index (χ3n) is 5.76. The highest BCUT2D eigenvalue weighted by Gasteiger charge is 2.27. The van der Waals surface area contributed by atoms with Crippen molar-refractivity contribution in [1.29, 1.82) is 0 Å². The van der Waals surface area contributed by atoms with E-state index in [-0.39, 0.29) is 5.91 Å². The topological polar surface area (TPSA) is 44.1 Å². The molecule has 4 heterocycles. The second-order valence-electron chi connectivity index (χ2n) is 7.72. The van der Waals surface area contributed by atoms with Gasteiger partial charge in [0.2, 0.25) is 0 Å². The highest BCUT2D eigenvalue weighted by Crippen LogP contribution is 2.21. The van der Waals surface area contributed by atoms with Crippen LogP contribution < -0.4 is 0 Å². The molecule has 0 aromatic carbocycles. The van der Waals surface area contributed by atoms with Crippen molar-refractivity contribution in [3.63, 3.8) is 0 Å². The molecule has 2 saturated heterocycles. The monoisotopic (exact) mass is 355 g/mol. The van der Waals surface area contributed by atoms with Gasteiger partial charge in [-0.2, -0.15) is 0 Å². The number of aryl methyl sites for hydroxylation is 1. The normalized spacial score (nSPS) is 20.0. The Morgan fingerprint density at radius 2 is 1.81 bits per heavy atom. The molecule has 0 bridgehead atoms. The second kappa shape index (κ2) is 7.37. The molecule has 6 heteroatoms. The van der Waals surface area contributed by atoms with Gasteiger partial charge in [0.15, 0.2) is 5.69 Å². The number of likely N-dealkylation sites (tertiary alicyclic amines) is 1. The van der Waals surface area contributed by atoms with Gasteiger partial charge in [0.05, 0.1) is 5.69 Å². The summed E-state index contributed by atoms with van der Waals surface area (Å²) < 4.78 is 2.13. The van der Waals surface area contributed by atoms with Gasteiger partial charge < -0.3 is 14.2 Å². The van der Waals surface area contributed by atoms with Crippen LogP contribution in [0.15, 0.2) is 18.3 Å². The number of likely N-dealkylation sites (N-methyl/N-ethyl adjacent to an activating group) is 1. The lowest BCUT2D eigenvalue weighted by Gasteiger charge is -2.32. The molecule has 2 aromatic rings. The number of carbonyl (C=O) groups is 1. The summed E-state index contributed by atoms with van der Waals surface area (Å²) in [7, 11) is 2.17. The fourth-order valence-corrected chi connectivity index (χ4v) is 4.04. The average Bonchev–Trinajstić information content (AvgIpc) is 3.04.